The van der Waals surface area contributed by atoms with Gasteiger partial charge in [0.25, 0.3) is 0 Å². The van der Waals surface area contributed by atoms with E-state index in [9.17, 15) is 0 Å². The summed E-state index contributed by atoms with van der Waals surface area (Å²) < 4.78 is 6.88. The maximum absolute atomic E-state index is 6.88. The van der Waals surface area contributed by atoms with Crippen LogP contribution in [0.1, 0.15) is 41.5 Å². The molecule has 2 radical (unpaired) electrons. The van der Waals surface area contributed by atoms with Crippen LogP contribution in [0.15, 0.2) is 101 Å². The highest BCUT2D eigenvalue weighted by molar-refractivity contribution is 6.88. The molecule has 0 fully saturated rings. The normalized spacial score (nSPS) is 12.8. The minimum Gasteiger partial charge on any atom is -0.476 e. The maximum atomic E-state index is 6.88. The minimum absolute atomic E-state index is 0.125. The number of rotatable bonds is 4. The third-order valence-electron chi connectivity index (χ3n) is 6.68. The van der Waals surface area contributed by atoms with E-state index >= 15 is 0 Å². The smallest absolute Gasteiger partial charge is 0.174 e. The number of fused-ring (bicyclic) bond motifs is 2. The maximum Gasteiger partial charge on any atom is 0.174 e. The van der Waals surface area contributed by atoms with Crippen molar-refractivity contribution < 1.29 is 4.42 Å². The first-order valence-electron chi connectivity index (χ1n) is 12.4. The number of benzene rings is 4. The van der Waals surface area contributed by atoms with Crippen molar-refractivity contribution in [2.24, 2.45) is 0 Å². The predicted molar refractivity (Wildman–Crippen MR) is 156 cm³/mol. The molecule has 0 unspecified atom stereocenters. The summed E-state index contributed by atoms with van der Waals surface area (Å²) in [5.41, 5.74) is 0. The second kappa shape index (κ2) is 8.96. The average molecular weight is 491 g/mol. The van der Waals surface area contributed by atoms with E-state index in [1.54, 1.807) is 0 Å². The van der Waals surface area contributed by atoms with E-state index in [0.717, 1.165) is 0 Å². The Morgan fingerprint density at radius 2 is 0.829 bits per heavy atom. The minimum atomic E-state index is -1.13. The largest absolute Gasteiger partial charge is 0.476 e. The average Bonchev–Trinajstić information content (AvgIpc) is 3.25. The highest BCUT2D eigenvalue weighted by Crippen LogP contribution is 2.30. The molecule has 0 amide bonds. The molecule has 1 nitrogen and oxygen atoms in total. The van der Waals surface area contributed by atoms with E-state index < -0.39 is 17.6 Å². The van der Waals surface area contributed by atoms with E-state index in [-0.39, 0.29) is 10.1 Å². The van der Waals surface area contributed by atoms with Crippen molar-refractivity contribution in [2.45, 2.75) is 51.6 Å². The highest BCUT2D eigenvalue weighted by Gasteiger charge is 2.37. The van der Waals surface area contributed by atoms with Crippen molar-refractivity contribution in [1.82, 2.24) is 0 Å². The van der Waals surface area contributed by atoms with Gasteiger partial charge in [0.2, 0.25) is 0 Å². The van der Waals surface area contributed by atoms with E-state index in [4.69, 9.17) is 4.42 Å². The van der Waals surface area contributed by atoms with Crippen LogP contribution in [0.5, 0.6) is 0 Å². The Labute approximate surface area is 213 Å². The lowest BCUT2D eigenvalue weighted by atomic mass is 10.1. The Hall–Kier alpha value is -2.89. The van der Waals surface area contributed by atoms with Gasteiger partial charge in [0.05, 0.1) is 10.8 Å². The quantitative estimate of drug-likeness (QED) is 0.266. The van der Waals surface area contributed by atoms with Crippen molar-refractivity contribution in [1.29, 1.82) is 0 Å². The van der Waals surface area contributed by atoms with Gasteiger partial charge in [0.15, 0.2) is 17.6 Å². The summed E-state index contributed by atoms with van der Waals surface area (Å²) in [5.74, 6) is 0. The second-order valence-corrected chi connectivity index (χ2v) is 18.2. The molecular weight excluding hydrogens is 457 g/mol. The standard InChI is InChI=1S/C32H34OSi2/c1-31(2,3)34(27-17-15-23-11-7-9-13-25(23)21-27)29-19-20-30(33-29)35(32(4,5)6)28-18-16-24-12-8-10-14-26(24)22-28/h7-22H,1-6H3. The van der Waals surface area contributed by atoms with Gasteiger partial charge in [0, 0.05) is 0 Å². The first kappa shape index (κ1) is 23.8. The van der Waals surface area contributed by atoms with Crippen molar-refractivity contribution >= 4 is 60.3 Å². The van der Waals surface area contributed by atoms with E-state index in [1.807, 2.05) is 0 Å². The molecule has 0 bridgehead atoms. The summed E-state index contributed by atoms with van der Waals surface area (Å²) in [5, 5.41) is 10.6. The molecule has 0 aliphatic carbocycles. The SMILES string of the molecule is CC(C)(C)[Si](c1ccc2ccccc2c1)c1ccc([Si](c2ccc3ccccc3c2)C(C)(C)C)o1. The first-order valence-corrected chi connectivity index (χ1v) is 15.4. The molecular formula is C32H34OSi2. The zero-order valence-electron chi connectivity index (χ0n) is 21.6. The Bertz CT molecular complexity index is 1370. The van der Waals surface area contributed by atoms with Crippen LogP contribution >= 0.6 is 0 Å². The van der Waals surface area contributed by atoms with Gasteiger partial charge in [-0.2, -0.15) is 0 Å². The third-order valence-corrected chi connectivity index (χ3v) is 13.0. The Kier molecular flexibility index (Phi) is 6.10. The third kappa shape index (κ3) is 4.80. The second-order valence-electron chi connectivity index (χ2n) is 11.5. The monoisotopic (exact) mass is 490 g/mol. The van der Waals surface area contributed by atoms with Crippen LogP contribution in [-0.4, -0.2) is 17.6 Å². The molecule has 5 aromatic rings. The van der Waals surface area contributed by atoms with Gasteiger partial charge in [-0.3, -0.25) is 0 Å². The molecule has 3 heteroatoms. The van der Waals surface area contributed by atoms with Crippen LogP contribution in [0.3, 0.4) is 0 Å². The Morgan fingerprint density at radius 1 is 0.457 bits per heavy atom. The molecule has 0 spiro atoms. The molecule has 1 heterocycles. The van der Waals surface area contributed by atoms with Crippen molar-refractivity contribution in [3.05, 3.63) is 97.1 Å². The molecule has 0 atom stereocenters. The van der Waals surface area contributed by atoms with Crippen molar-refractivity contribution in [3.63, 3.8) is 0 Å². The van der Waals surface area contributed by atoms with E-state index in [0.29, 0.717) is 0 Å². The van der Waals surface area contributed by atoms with E-state index in [2.05, 4.69) is 139 Å². The number of furan rings is 1. The predicted octanol–water partition coefficient (Wildman–Crippen LogP) is 6.40. The lowest BCUT2D eigenvalue weighted by molar-refractivity contribution is 0.617. The van der Waals surface area contributed by atoms with Gasteiger partial charge in [0.1, 0.15) is 0 Å². The topological polar surface area (TPSA) is 13.1 Å². The zero-order valence-corrected chi connectivity index (χ0v) is 23.6. The zero-order chi connectivity index (χ0) is 24.8. The molecule has 1 aromatic heterocycles. The fraction of sp³-hybridized carbons (Fsp3) is 0.250. The highest BCUT2D eigenvalue weighted by atomic mass is 28.3. The fourth-order valence-corrected chi connectivity index (χ4v) is 11.1. The van der Waals surface area contributed by atoms with Gasteiger partial charge in [-0.25, -0.2) is 0 Å². The molecule has 0 aliphatic rings. The van der Waals surface area contributed by atoms with Crippen molar-refractivity contribution in [3.8, 4) is 0 Å². The van der Waals surface area contributed by atoms with Gasteiger partial charge >= 0.3 is 0 Å². The summed E-state index contributed by atoms with van der Waals surface area (Å²) in [7, 11) is -2.26. The summed E-state index contributed by atoms with van der Waals surface area (Å²) in [6.45, 7) is 14.2. The Balaban J connectivity index is 1.59. The summed E-state index contributed by atoms with van der Waals surface area (Å²) in [6, 6.07) is 35.8. The fourth-order valence-electron chi connectivity index (χ4n) is 5.19. The molecule has 0 aliphatic heterocycles. The summed E-state index contributed by atoms with van der Waals surface area (Å²) in [4.78, 5) is 0. The van der Waals surface area contributed by atoms with Crippen molar-refractivity contribution in [2.75, 3.05) is 0 Å². The van der Waals surface area contributed by atoms with Gasteiger partial charge in [-0.1, -0.05) is 137 Å². The van der Waals surface area contributed by atoms with Crippen LogP contribution < -0.4 is 21.1 Å². The summed E-state index contributed by atoms with van der Waals surface area (Å²) in [6.07, 6.45) is 0. The molecule has 35 heavy (non-hydrogen) atoms. The van der Waals surface area contributed by atoms with Crippen LogP contribution in [0.25, 0.3) is 21.5 Å². The van der Waals surface area contributed by atoms with Gasteiger partial charge in [-0.05, 0) is 43.8 Å². The van der Waals surface area contributed by atoms with Crippen LogP contribution in [0.2, 0.25) is 10.1 Å². The molecule has 176 valence electrons. The van der Waals surface area contributed by atoms with Crippen LogP contribution in [-0.2, 0) is 0 Å². The van der Waals surface area contributed by atoms with Gasteiger partial charge in [-0.15, -0.1) is 0 Å². The lowest BCUT2D eigenvalue weighted by Gasteiger charge is -2.29. The van der Waals surface area contributed by atoms with E-state index in [1.165, 1.54) is 42.7 Å². The van der Waals surface area contributed by atoms with Crippen LogP contribution in [0.4, 0.5) is 0 Å². The first-order chi connectivity index (χ1) is 16.6. The Morgan fingerprint density at radius 3 is 1.20 bits per heavy atom. The lowest BCUT2D eigenvalue weighted by Crippen LogP contribution is -2.51. The molecule has 4 aromatic carbocycles. The molecule has 0 N–H and O–H groups in total. The van der Waals surface area contributed by atoms with Gasteiger partial charge < -0.3 is 4.42 Å². The van der Waals surface area contributed by atoms with Crippen LogP contribution in [0, 0.1) is 0 Å². The summed E-state index contributed by atoms with van der Waals surface area (Å²) >= 11 is 0. The molecule has 5 rings (SSSR count). The number of hydrogen-bond acceptors (Lipinski definition) is 1. The molecule has 0 saturated carbocycles. The molecule has 0 saturated heterocycles. The number of hydrogen-bond donors (Lipinski definition) is 0.